The van der Waals surface area contributed by atoms with E-state index in [1.807, 2.05) is 6.92 Å². The van der Waals surface area contributed by atoms with Crippen LogP contribution in [0.5, 0.6) is 5.75 Å². The Kier molecular flexibility index (Phi) is 3.79. The van der Waals surface area contributed by atoms with Crippen molar-refractivity contribution < 1.29 is 14.3 Å². The second kappa shape index (κ2) is 5.32. The van der Waals surface area contributed by atoms with Crippen molar-refractivity contribution in [1.82, 2.24) is 0 Å². The zero-order valence-corrected chi connectivity index (χ0v) is 10.3. The van der Waals surface area contributed by atoms with E-state index in [0.717, 1.165) is 18.6 Å². The molecule has 1 aromatic rings. The van der Waals surface area contributed by atoms with E-state index in [4.69, 9.17) is 9.47 Å². The third kappa shape index (κ3) is 2.86. The Balaban J connectivity index is 1.96. The summed E-state index contributed by atoms with van der Waals surface area (Å²) in [4.78, 5) is 12.1. The highest BCUT2D eigenvalue weighted by atomic mass is 16.5. The number of hydrogen-bond donors (Lipinski definition) is 0. The standard InChI is InChI=1S/C14H18O3/c1-10(17-13-4-3-5-13)14(15)11-6-8-12(16-2)9-7-11/h6-10,13H,3-5H2,1-2H3. The van der Waals surface area contributed by atoms with Crippen molar-refractivity contribution in [2.75, 3.05) is 7.11 Å². The lowest BCUT2D eigenvalue weighted by Gasteiger charge is -2.28. The summed E-state index contributed by atoms with van der Waals surface area (Å²) < 4.78 is 10.7. The number of carbonyl (C=O) groups excluding carboxylic acids is 1. The quantitative estimate of drug-likeness (QED) is 0.735. The summed E-state index contributed by atoms with van der Waals surface area (Å²) >= 11 is 0. The van der Waals surface area contributed by atoms with Crippen molar-refractivity contribution in [2.24, 2.45) is 0 Å². The normalized spacial score (nSPS) is 17.3. The average molecular weight is 234 g/mol. The van der Waals surface area contributed by atoms with Crippen LogP contribution in [0.1, 0.15) is 36.5 Å². The predicted octanol–water partition coefficient (Wildman–Crippen LogP) is 2.84. The highest BCUT2D eigenvalue weighted by Crippen LogP contribution is 2.24. The van der Waals surface area contributed by atoms with Crippen molar-refractivity contribution in [3.05, 3.63) is 29.8 Å². The molecule has 1 aliphatic carbocycles. The first-order chi connectivity index (χ1) is 8.20. The second-order valence-electron chi connectivity index (χ2n) is 4.42. The number of rotatable bonds is 5. The summed E-state index contributed by atoms with van der Waals surface area (Å²) in [7, 11) is 1.61. The third-order valence-electron chi connectivity index (χ3n) is 3.19. The minimum atomic E-state index is -0.353. The molecule has 1 saturated carbocycles. The third-order valence-corrected chi connectivity index (χ3v) is 3.19. The molecule has 0 bridgehead atoms. The number of hydrogen-bond acceptors (Lipinski definition) is 3. The topological polar surface area (TPSA) is 35.5 Å². The van der Waals surface area contributed by atoms with Crippen LogP contribution in [0.25, 0.3) is 0 Å². The molecule has 3 heteroatoms. The lowest BCUT2D eigenvalue weighted by Crippen LogP contribution is -2.31. The molecule has 0 radical (unpaired) electrons. The van der Waals surface area contributed by atoms with Crippen LogP contribution in [-0.4, -0.2) is 25.1 Å². The summed E-state index contributed by atoms with van der Waals surface area (Å²) in [5.74, 6) is 0.800. The zero-order valence-electron chi connectivity index (χ0n) is 10.3. The van der Waals surface area contributed by atoms with Gasteiger partial charge in [0.05, 0.1) is 13.2 Å². The molecule has 0 spiro atoms. The van der Waals surface area contributed by atoms with Gasteiger partial charge in [-0.1, -0.05) is 0 Å². The largest absolute Gasteiger partial charge is 0.497 e. The van der Waals surface area contributed by atoms with Crippen molar-refractivity contribution in [3.63, 3.8) is 0 Å². The molecule has 3 nitrogen and oxygen atoms in total. The highest BCUT2D eigenvalue weighted by molar-refractivity contribution is 5.99. The van der Waals surface area contributed by atoms with Crippen LogP contribution in [0.4, 0.5) is 0 Å². The first kappa shape index (κ1) is 12.1. The number of benzene rings is 1. The Morgan fingerprint density at radius 3 is 2.41 bits per heavy atom. The summed E-state index contributed by atoms with van der Waals surface area (Å²) in [6, 6.07) is 7.15. The number of methoxy groups -OCH3 is 1. The molecule has 1 atom stereocenters. The lowest BCUT2D eigenvalue weighted by molar-refractivity contribution is -0.0313. The first-order valence-corrected chi connectivity index (χ1v) is 6.04. The fourth-order valence-electron chi connectivity index (χ4n) is 1.85. The molecule has 1 fully saturated rings. The molecule has 0 N–H and O–H groups in total. The summed E-state index contributed by atoms with van der Waals surface area (Å²) in [6.45, 7) is 1.82. The maximum absolute atomic E-state index is 12.1. The number of ether oxygens (including phenoxy) is 2. The molecule has 0 amide bonds. The Bertz CT molecular complexity index is 379. The van der Waals surface area contributed by atoms with Gasteiger partial charge in [-0.2, -0.15) is 0 Å². The summed E-state index contributed by atoms with van der Waals surface area (Å²) in [5, 5.41) is 0. The molecular formula is C14H18O3. The minimum absolute atomic E-state index is 0.0413. The number of carbonyl (C=O) groups is 1. The van der Waals surface area contributed by atoms with Crippen LogP contribution in [0.2, 0.25) is 0 Å². The molecule has 1 aromatic carbocycles. The first-order valence-electron chi connectivity index (χ1n) is 6.04. The van der Waals surface area contributed by atoms with Gasteiger partial charge in [-0.25, -0.2) is 0 Å². The van der Waals surface area contributed by atoms with E-state index in [-0.39, 0.29) is 18.0 Å². The molecule has 0 heterocycles. The van der Waals surface area contributed by atoms with Crippen molar-refractivity contribution in [3.8, 4) is 5.75 Å². The fraction of sp³-hybridized carbons (Fsp3) is 0.500. The summed E-state index contributed by atoms with van der Waals surface area (Å²) in [5.41, 5.74) is 0.678. The van der Waals surface area contributed by atoms with Crippen LogP contribution in [0.15, 0.2) is 24.3 Å². The maximum atomic E-state index is 12.1. The zero-order chi connectivity index (χ0) is 12.3. The molecule has 0 aliphatic heterocycles. The van der Waals surface area contributed by atoms with Crippen LogP contribution in [0, 0.1) is 0 Å². The SMILES string of the molecule is COc1ccc(C(=O)C(C)OC2CCC2)cc1. The van der Waals surface area contributed by atoms with Crippen LogP contribution in [0.3, 0.4) is 0 Å². The van der Waals surface area contributed by atoms with Crippen molar-refractivity contribution in [2.45, 2.75) is 38.4 Å². The average Bonchev–Trinajstić information content (AvgIpc) is 2.32. The second-order valence-corrected chi connectivity index (χ2v) is 4.42. The van der Waals surface area contributed by atoms with Crippen LogP contribution in [-0.2, 0) is 4.74 Å². The van der Waals surface area contributed by atoms with Crippen LogP contribution >= 0.6 is 0 Å². The Morgan fingerprint density at radius 1 is 1.29 bits per heavy atom. The van der Waals surface area contributed by atoms with E-state index in [1.54, 1.807) is 31.4 Å². The van der Waals surface area contributed by atoms with Gasteiger partial charge in [0.15, 0.2) is 5.78 Å². The van der Waals surface area contributed by atoms with Gasteiger partial charge >= 0.3 is 0 Å². The van der Waals surface area contributed by atoms with Gasteiger partial charge in [0, 0.05) is 5.56 Å². The molecule has 1 aliphatic rings. The Hall–Kier alpha value is -1.35. The molecule has 0 saturated heterocycles. The molecule has 92 valence electrons. The van der Waals surface area contributed by atoms with Crippen molar-refractivity contribution >= 4 is 5.78 Å². The molecule has 0 aromatic heterocycles. The van der Waals surface area contributed by atoms with Crippen molar-refractivity contribution in [1.29, 1.82) is 0 Å². The van der Waals surface area contributed by atoms with Gasteiger partial charge in [0.25, 0.3) is 0 Å². The summed E-state index contributed by atoms with van der Waals surface area (Å²) in [6.07, 6.45) is 3.31. The van der Waals surface area contributed by atoms with E-state index >= 15 is 0 Å². The Morgan fingerprint density at radius 2 is 1.94 bits per heavy atom. The van der Waals surface area contributed by atoms with Crippen LogP contribution < -0.4 is 4.74 Å². The fourth-order valence-corrected chi connectivity index (χ4v) is 1.85. The van der Waals surface area contributed by atoms with Gasteiger partial charge < -0.3 is 9.47 Å². The number of ketones is 1. The highest BCUT2D eigenvalue weighted by Gasteiger charge is 2.24. The van der Waals surface area contributed by atoms with E-state index < -0.39 is 0 Å². The molecule has 1 unspecified atom stereocenters. The monoisotopic (exact) mass is 234 g/mol. The maximum Gasteiger partial charge on any atom is 0.191 e. The minimum Gasteiger partial charge on any atom is -0.497 e. The van der Waals surface area contributed by atoms with E-state index in [0.29, 0.717) is 5.56 Å². The smallest absolute Gasteiger partial charge is 0.191 e. The Labute approximate surface area is 102 Å². The molecular weight excluding hydrogens is 216 g/mol. The molecule has 2 rings (SSSR count). The van der Waals surface area contributed by atoms with Gasteiger partial charge in [-0.15, -0.1) is 0 Å². The molecule has 17 heavy (non-hydrogen) atoms. The van der Waals surface area contributed by atoms with E-state index in [9.17, 15) is 4.79 Å². The number of Topliss-reactive ketones (excluding diaryl/α,β-unsaturated/α-hetero) is 1. The predicted molar refractivity (Wildman–Crippen MR) is 65.5 cm³/mol. The van der Waals surface area contributed by atoms with E-state index in [2.05, 4.69) is 0 Å². The van der Waals surface area contributed by atoms with Gasteiger partial charge in [0.2, 0.25) is 0 Å². The van der Waals surface area contributed by atoms with E-state index in [1.165, 1.54) is 6.42 Å². The van der Waals surface area contributed by atoms with Gasteiger partial charge in [-0.05, 0) is 50.5 Å². The lowest BCUT2D eigenvalue weighted by atomic mass is 9.95. The van der Waals surface area contributed by atoms with Gasteiger partial charge in [-0.3, -0.25) is 4.79 Å². The van der Waals surface area contributed by atoms with Gasteiger partial charge in [0.1, 0.15) is 11.9 Å².